The summed E-state index contributed by atoms with van der Waals surface area (Å²) in [7, 11) is -0.719. The molecule has 0 aliphatic rings. The smallest absolute Gasteiger partial charge is 0.177 e. The van der Waals surface area contributed by atoms with E-state index in [-0.39, 0.29) is 5.41 Å². The maximum absolute atomic E-state index is 11.0. The minimum atomic E-state index is -0.719. The van der Waals surface area contributed by atoms with Gasteiger partial charge in [0.15, 0.2) is 4.77 Å². The van der Waals surface area contributed by atoms with E-state index in [1.54, 1.807) is 6.26 Å². The van der Waals surface area contributed by atoms with Crippen molar-refractivity contribution in [1.82, 2.24) is 9.55 Å². The molecule has 3 nitrogen and oxygen atoms in total. The summed E-state index contributed by atoms with van der Waals surface area (Å²) in [5, 5.41) is 0. The Kier molecular flexibility index (Phi) is 4.50. The van der Waals surface area contributed by atoms with E-state index in [4.69, 9.17) is 12.2 Å². The number of H-pyrrole nitrogens is 1. The van der Waals surface area contributed by atoms with Crippen LogP contribution in [0.15, 0.2) is 6.20 Å². The van der Waals surface area contributed by atoms with Crippen molar-refractivity contribution < 1.29 is 4.21 Å². The minimum Gasteiger partial charge on any atom is -0.337 e. The number of hydrogen-bond acceptors (Lipinski definition) is 2. The van der Waals surface area contributed by atoms with Crippen LogP contribution < -0.4 is 0 Å². The molecule has 5 heteroatoms. The van der Waals surface area contributed by atoms with E-state index >= 15 is 0 Å². The molecule has 0 aliphatic heterocycles. The molecule has 0 aliphatic carbocycles. The Morgan fingerprint density at radius 3 is 2.62 bits per heavy atom. The highest BCUT2D eigenvalue weighted by Crippen LogP contribution is 2.22. The number of rotatable bonds is 4. The minimum absolute atomic E-state index is 0.0823. The summed E-state index contributed by atoms with van der Waals surface area (Å²) in [6, 6.07) is 0. The van der Waals surface area contributed by atoms with Crippen LogP contribution in [0.25, 0.3) is 0 Å². The fraction of sp³-hybridized carbons (Fsp3) is 0.727. The predicted molar refractivity (Wildman–Crippen MR) is 71.9 cm³/mol. The van der Waals surface area contributed by atoms with Gasteiger partial charge in [0, 0.05) is 46.7 Å². The summed E-state index contributed by atoms with van der Waals surface area (Å²) in [4.78, 5) is 3.08. The van der Waals surface area contributed by atoms with Crippen LogP contribution in [0.4, 0.5) is 0 Å². The molecule has 0 radical (unpaired) electrons. The molecule has 0 bridgehead atoms. The molecule has 1 unspecified atom stereocenters. The van der Waals surface area contributed by atoms with Crippen LogP contribution >= 0.6 is 12.2 Å². The number of aromatic amines is 1. The molecule has 0 fully saturated rings. The van der Waals surface area contributed by atoms with Crippen molar-refractivity contribution in [2.75, 3.05) is 12.0 Å². The van der Waals surface area contributed by atoms with Gasteiger partial charge in [0.05, 0.1) is 0 Å². The zero-order valence-electron chi connectivity index (χ0n) is 10.4. The van der Waals surface area contributed by atoms with Crippen molar-refractivity contribution in [3.8, 4) is 0 Å². The van der Waals surface area contributed by atoms with E-state index in [0.29, 0.717) is 0 Å². The Balaban J connectivity index is 2.83. The van der Waals surface area contributed by atoms with Crippen LogP contribution in [0.3, 0.4) is 0 Å². The van der Waals surface area contributed by atoms with Gasteiger partial charge in [-0.2, -0.15) is 0 Å². The van der Waals surface area contributed by atoms with Crippen LogP contribution in [0.2, 0.25) is 0 Å². The second kappa shape index (κ2) is 5.27. The first kappa shape index (κ1) is 13.6. The van der Waals surface area contributed by atoms with E-state index in [1.165, 1.54) is 5.69 Å². The van der Waals surface area contributed by atoms with Crippen LogP contribution in [0, 0.1) is 4.77 Å². The highest BCUT2D eigenvalue weighted by atomic mass is 32.2. The van der Waals surface area contributed by atoms with Gasteiger partial charge in [0.2, 0.25) is 0 Å². The Morgan fingerprint density at radius 2 is 2.12 bits per heavy atom. The molecule has 1 heterocycles. The monoisotopic (exact) mass is 260 g/mol. The standard InChI is InChI=1S/C11H20N2OS2/c1-11(2,3)9-8-12-10(15)13(9)6-5-7-16(4)14/h8H,5-7H2,1-4H3,(H,12,15). The summed E-state index contributed by atoms with van der Waals surface area (Å²) in [6.07, 6.45) is 4.62. The molecule has 92 valence electrons. The van der Waals surface area contributed by atoms with E-state index in [0.717, 1.165) is 23.5 Å². The summed E-state index contributed by atoms with van der Waals surface area (Å²) < 4.78 is 13.9. The van der Waals surface area contributed by atoms with Crippen LogP contribution in [-0.2, 0) is 22.8 Å². The average Bonchev–Trinajstić information content (AvgIpc) is 2.46. The van der Waals surface area contributed by atoms with Gasteiger partial charge in [-0.05, 0) is 18.6 Å². The van der Waals surface area contributed by atoms with Crippen LogP contribution in [0.1, 0.15) is 32.9 Å². The molecule has 16 heavy (non-hydrogen) atoms. The van der Waals surface area contributed by atoms with Crippen molar-refractivity contribution in [2.24, 2.45) is 0 Å². The highest BCUT2D eigenvalue weighted by Gasteiger charge is 2.18. The van der Waals surface area contributed by atoms with Gasteiger partial charge in [0.25, 0.3) is 0 Å². The van der Waals surface area contributed by atoms with Gasteiger partial charge >= 0.3 is 0 Å². The maximum atomic E-state index is 11.0. The first-order chi connectivity index (χ1) is 7.32. The lowest BCUT2D eigenvalue weighted by molar-refractivity contribution is 0.511. The molecule has 0 saturated carbocycles. The van der Waals surface area contributed by atoms with E-state index in [2.05, 4.69) is 30.3 Å². The highest BCUT2D eigenvalue weighted by molar-refractivity contribution is 7.84. The van der Waals surface area contributed by atoms with E-state index in [9.17, 15) is 4.21 Å². The number of aromatic nitrogens is 2. The largest absolute Gasteiger partial charge is 0.337 e. The number of hydrogen-bond donors (Lipinski definition) is 1. The fourth-order valence-corrected chi connectivity index (χ4v) is 2.45. The van der Waals surface area contributed by atoms with Gasteiger partial charge in [-0.25, -0.2) is 0 Å². The summed E-state index contributed by atoms with van der Waals surface area (Å²) in [5.74, 6) is 0.733. The van der Waals surface area contributed by atoms with Gasteiger partial charge in [0.1, 0.15) is 0 Å². The zero-order valence-corrected chi connectivity index (χ0v) is 12.0. The summed E-state index contributed by atoms with van der Waals surface area (Å²) in [5.41, 5.74) is 1.29. The lowest BCUT2D eigenvalue weighted by Gasteiger charge is -2.20. The quantitative estimate of drug-likeness (QED) is 0.845. The van der Waals surface area contributed by atoms with Crippen molar-refractivity contribution in [3.05, 3.63) is 16.7 Å². The molecule has 1 rings (SSSR count). The third-order valence-corrected chi connectivity index (χ3v) is 3.65. The van der Waals surface area contributed by atoms with Crippen molar-refractivity contribution in [3.63, 3.8) is 0 Å². The van der Waals surface area contributed by atoms with Crippen LogP contribution in [0.5, 0.6) is 0 Å². The number of nitrogens with one attached hydrogen (secondary N) is 1. The van der Waals surface area contributed by atoms with Crippen molar-refractivity contribution in [2.45, 2.75) is 39.2 Å². The lowest BCUT2D eigenvalue weighted by atomic mass is 9.92. The SMILES string of the molecule is CS(=O)CCCn1c(C(C)(C)C)c[nH]c1=S. The normalized spacial score (nSPS) is 14.0. The summed E-state index contributed by atoms with van der Waals surface area (Å²) >= 11 is 5.25. The zero-order chi connectivity index (χ0) is 12.3. The molecule has 0 saturated heterocycles. The maximum Gasteiger partial charge on any atom is 0.177 e. The second-order valence-electron chi connectivity index (χ2n) is 5.01. The molecule has 0 amide bonds. The predicted octanol–water partition coefficient (Wildman–Crippen LogP) is 2.61. The second-order valence-corrected chi connectivity index (χ2v) is 6.95. The summed E-state index contributed by atoms with van der Waals surface area (Å²) in [6.45, 7) is 7.34. The Morgan fingerprint density at radius 1 is 1.50 bits per heavy atom. The molecule has 1 N–H and O–H groups in total. The lowest BCUT2D eigenvalue weighted by Crippen LogP contribution is -2.18. The van der Waals surface area contributed by atoms with Gasteiger partial charge in [-0.1, -0.05) is 20.8 Å². The average molecular weight is 260 g/mol. The van der Waals surface area contributed by atoms with E-state index in [1.807, 2.05) is 6.20 Å². The molecule has 0 spiro atoms. The number of nitrogens with zero attached hydrogens (tertiary/aromatic N) is 1. The molecule has 0 aromatic carbocycles. The Hall–Kier alpha value is -0.420. The molecule has 1 aromatic rings. The van der Waals surface area contributed by atoms with Gasteiger partial charge in [-0.15, -0.1) is 0 Å². The number of imidazole rings is 1. The molecule has 1 aromatic heterocycles. The van der Waals surface area contributed by atoms with Crippen molar-refractivity contribution >= 4 is 23.0 Å². The third-order valence-electron chi connectivity index (χ3n) is 2.45. The third kappa shape index (κ3) is 3.56. The van der Waals surface area contributed by atoms with E-state index < -0.39 is 10.8 Å². The molecule has 1 atom stereocenters. The Labute approximate surface area is 105 Å². The molecular formula is C11H20N2OS2. The Bertz CT molecular complexity index is 426. The fourth-order valence-electron chi connectivity index (χ4n) is 1.66. The first-order valence-electron chi connectivity index (χ1n) is 5.41. The van der Waals surface area contributed by atoms with Gasteiger partial charge < -0.3 is 9.55 Å². The first-order valence-corrected chi connectivity index (χ1v) is 7.54. The van der Waals surface area contributed by atoms with Gasteiger partial charge in [-0.3, -0.25) is 4.21 Å². The topological polar surface area (TPSA) is 37.8 Å². The van der Waals surface area contributed by atoms with Crippen LogP contribution in [-0.4, -0.2) is 25.8 Å². The molecular weight excluding hydrogens is 240 g/mol. The van der Waals surface area contributed by atoms with Crippen molar-refractivity contribution in [1.29, 1.82) is 0 Å².